The number of furan rings is 1. The molecule has 2 rings (SSSR count). The van der Waals surface area contributed by atoms with Crippen molar-refractivity contribution in [1.82, 2.24) is 0 Å². The highest BCUT2D eigenvalue weighted by Gasteiger charge is 2.11. The number of hydrogen-bond acceptors (Lipinski definition) is 3. The van der Waals surface area contributed by atoms with Crippen molar-refractivity contribution in [2.75, 3.05) is 12.0 Å². The normalized spacial score (nSPS) is 13.3. The van der Waals surface area contributed by atoms with Crippen LogP contribution < -0.4 is 5.73 Å². The summed E-state index contributed by atoms with van der Waals surface area (Å²) in [4.78, 5) is 0. The fourth-order valence-electron chi connectivity index (χ4n) is 1.48. The number of halogens is 1. The molecule has 0 fully saturated rings. The molecule has 0 aliphatic carbocycles. The first-order chi connectivity index (χ1) is 7.20. The first kappa shape index (κ1) is 10.5. The van der Waals surface area contributed by atoms with E-state index in [0.717, 1.165) is 11.1 Å². The van der Waals surface area contributed by atoms with Gasteiger partial charge in [-0.25, -0.2) is 4.39 Å². The van der Waals surface area contributed by atoms with E-state index in [1.807, 2.05) is 6.26 Å². The fraction of sp³-hybridized carbons (Fsp3) is 0.273. The number of fused-ring (bicyclic) bond motifs is 1. The van der Waals surface area contributed by atoms with Crippen LogP contribution in [0.3, 0.4) is 0 Å². The minimum atomic E-state index is -0.256. The van der Waals surface area contributed by atoms with Crippen LogP contribution in [0.25, 0.3) is 11.0 Å². The molecule has 0 spiro atoms. The van der Waals surface area contributed by atoms with Crippen LogP contribution in [0.15, 0.2) is 28.7 Å². The first-order valence-corrected chi connectivity index (χ1v) is 6.03. The van der Waals surface area contributed by atoms with Crippen LogP contribution in [-0.2, 0) is 0 Å². The zero-order valence-corrected chi connectivity index (χ0v) is 9.18. The lowest BCUT2D eigenvalue weighted by Crippen LogP contribution is -2.11. The molecule has 0 radical (unpaired) electrons. The molecule has 0 saturated carbocycles. The summed E-state index contributed by atoms with van der Waals surface area (Å²) in [6.07, 6.45) is 1.99. The molecule has 15 heavy (non-hydrogen) atoms. The summed E-state index contributed by atoms with van der Waals surface area (Å²) in [6, 6.07) is 6.14. The Morgan fingerprint density at radius 1 is 1.47 bits per heavy atom. The minimum absolute atomic E-state index is 0.129. The molecule has 0 amide bonds. The second-order valence-electron chi connectivity index (χ2n) is 3.39. The van der Waals surface area contributed by atoms with Gasteiger partial charge in [-0.05, 0) is 30.5 Å². The summed E-state index contributed by atoms with van der Waals surface area (Å²) >= 11 is 1.66. The molecule has 0 bridgehead atoms. The van der Waals surface area contributed by atoms with Gasteiger partial charge in [0.2, 0.25) is 0 Å². The maximum absolute atomic E-state index is 12.9. The first-order valence-electron chi connectivity index (χ1n) is 4.64. The van der Waals surface area contributed by atoms with E-state index in [-0.39, 0.29) is 11.9 Å². The lowest BCUT2D eigenvalue weighted by molar-refractivity contribution is 0.515. The lowest BCUT2D eigenvalue weighted by atomic mass is 10.2. The van der Waals surface area contributed by atoms with Crippen LogP contribution in [0.4, 0.5) is 4.39 Å². The van der Waals surface area contributed by atoms with E-state index >= 15 is 0 Å². The molecular weight excluding hydrogens is 213 g/mol. The molecular formula is C11H12FNOS. The Morgan fingerprint density at radius 3 is 3.00 bits per heavy atom. The van der Waals surface area contributed by atoms with E-state index in [4.69, 9.17) is 10.2 Å². The van der Waals surface area contributed by atoms with Crippen LogP contribution in [0, 0.1) is 5.82 Å². The third-order valence-corrected chi connectivity index (χ3v) is 2.90. The van der Waals surface area contributed by atoms with Crippen molar-refractivity contribution in [3.05, 3.63) is 35.8 Å². The van der Waals surface area contributed by atoms with Gasteiger partial charge >= 0.3 is 0 Å². The van der Waals surface area contributed by atoms with Crippen molar-refractivity contribution in [3.8, 4) is 0 Å². The topological polar surface area (TPSA) is 39.2 Å². The maximum atomic E-state index is 12.9. The van der Waals surface area contributed by atoms with E-state index in [1.165, 1.54) is 12.1 Å². The Hall–Kier alpha value is -1.00. The van der Waals surface area contributed by atoms with Gasteiger partial charge < -0.3 is 10.2 Å². The van der Waals surface area contributed by atoms with Crippen LogP contribution in [0.1, 0.15) is 11.8 Å². The largest absolute Gasteiger partial charge is 0.459 e. The van der Waals surface area contributed by atoms with E-state index in [2.05, 4.69) is 0 Å². The van der Waals surface area contributed by atoms with Gasteiger partial charge in [0, 0.05) is 11.1 Å². The smallest absolute Gasteiger partial charge is 0.134 e. The second kappa shape index (κ2) is 4.24. The van der Waals surface area contributed by atoms with Gasteiger partial charge in [-0.15, -0.1) is 0 Å². The highest BCUT2D eigenvalue weighted by atomic mass is 32.2. The Labute approximate surface area is 91.6 Å². The SMILES string of the molecule is CSCC(N)c1cc2cc(F)ccc2o1. The summed E-state index contributed by atoms with van der Waals surface area (Å²) in [5, 5.41) is 0.765. The van der Waals surface area contributed by atoms with Gasteiger partial charge in [0.15, 0.2) is 0 Å². The zero-order chi connectivity index (χ0) is 10.8. The predicted octanol–water partition coefficient (Wildman–Crippen LogP) is 2.93. The van der Waals surface area contributed by atoms with Crippen LogP contribution in [0.5, 0.6) is 0 Å². The van der Waals surface area contributed by atoms with E-state index < -0.39 is 0 Å². The van der Waals surface area contributed by atoms with Gasteiger partial charge in [0.05, 0.1) is 6.04 Å². The molecule has 80 valence electrons. The highest BCUT2D eigenvalue weighted by molar-refractivity contribution is 7.98. The summed E-state index contributed by atoms with van der Waals surface area (Å²) in [5.41, 5.74) is 6.58. The Bertz CT molecular complexity index is 469. The molecule has 4 heteroatoms. The fourth-order valence-corrected chi connectivity index (χ4v) is 2.00. The van der Waals surface area contributed by atoms with E-state index in [9.17, 15) is 4.39 Å². The van der Waals surface area contributed by atoms with Crippen LogP contribution >= 0.6 is 11.8 Å². The molecule has 2 aromatic rings. The number of thioether (sulfide) groups is 1. The second-order valence-corrected chi connectivity index (χ2v) is 4.30. The molecule has 2 nitrogen and oxygen atoms in total. The Morgan fingerprint density at radius 2 is 2.27 bits per heavy atom. The summed E-state index contributed by atoms with van der Waals surface area (Å²) in [6.45, 7) is 0. The zero-order valence-electron chi connectivity index (χ0n) is 8.37. The average molecular weight is 225 g/mol. The highest BCUT2D eigenvalue weighted by Crippen LogP contribution is 2.24. The monoisotopic (exact) mass is 225 g/mol. The van der Waals surface area contributed by atoms with E-state index in [1.54, 1.807) is 23.9 Å². The molecule has 2 N–H and O–H groups in total. The number of nitrogens with two attached hydrogens (primary N) is 1. The van der Waals surface area contributed by atoms with Crippen LogP contribution in [0.2, 0.25) is 0 Å². The number of rotatable bonds is 3. The molecule has 1 unspecified atom stereocenters. The van der Waals surface area contributed by atoms with E-state index in [0.29, 0.717) is 11.3 Å². The van der Waals surface area contributed by atoms with Crippen LogP contribution in [-0.4, -0.2) is 12.0 Å². The summed E-state index contributed by atoms with van der Waals surface area (Å²) in [7, 11) is 0. The van der Waals surface area contributed by atoms with Crippen molar-refractivity contribution in [2.24, 2.45) is 5.73 Å². The molecule has 0 saturated heterocycles. The molecule has 1 aromatic heterocycles. The third kappa shape index (κ3) is 2.16. The molecule has 1 atom stereocenters. The molecule has 0 aliphatic rings. The van der Waals surface area contributed by atoms with Gasteiger partial charge in [0.1, 0.15) is 17.2 Å². The maximum Gasteiger partial charge on any atom is 0.134 e. The van der Waals surface area contributed by atoms with Crippen molar-refractivity contribution in [2.45, 2.75) is 6.04 Å². The number of benzene rings is 1. The van der Waals surface area contributed by atoms with Gasteiger partial charge in [-0.2, -0.15) is 11.8 Å². The van der Waals surface area contributed by atoms with Crippen molar-refractivity contribution in [1.29, 1.82) is 0 Å². The summed E-state index contributed by atoms with van der Waals surface area (Å²) in [5.74, 6) is 1.25. The molecule has 1 aromatic carbocycles. The predicted molar refractivity (Wildman–Crippen MR) is 61.5 cm³/mol. The van der Waals surface area contributed by atoms with Crippen molar-refractivity contribution in [3.63, 3.8) is 0 Å². The molecule has 0 aliphatic heterocycles. The summed E-state index contributed by atoms with van der Waals surface area (Å²) < 4.78 is 18.5. The average Bonchev–Trinajstić information content (AvgIpc) is 2.60. The number of hydrogen-bond donors (Lipinski definition) is 1. The van der Waals surface area contributed by atoms with Gasteiger partial charge in [0.25, 0.3) is 0 Å². The molecule has 1 heterocycles. The van der Waals surface area contributed by atoms with Crippen molar-refractivity contribution >= 4 is 22.7 Å². The van der Waals surface area contributed by atoms with Gasteiger partial charge in [-0.1, -0.05) is 0 Å². The third-order valence-electron chi connectivity index (χ3n) is 2.21. The van der Waals surface area contributed by atoms with Gasteiger partial charge in [-0.3, -0.25) is 0 Å². The Kier molecular flexibility index (Phi) is 2.98. The Balaban J connectivity index is 2.38. The quantitative estimate of drug-likeness (QED) is 0.873. The van der Waals surface area contributed by atoms with Crippen molar-refractivity contribution < 1.29 is 8.81 Å². The lowest BCUT2D eigenvalue weighted by Gasteiger charge is -2.04. The minimum Gasteiger partial charge on any atom is -0.459 e. The standard InChI is InChI=1S/C11H12FNOS/c1-15-6-9(13)11-5-7-4-8(12)2-3-10(7)14-11/h2-5,9H,6,13H2,1H3.